The topological polar surface area (TPSA) is 99.1 Å². The lowest BCUT2D eigenvalue weighted by Gasteiger charge is -2.31. The van der Waals surface area contributed by atoms with Gasteiger partial charge in [0.15, 0.2) is 12.1 Å². The fraction of sp³-hybridized carbons (Fsp3) is 0.865. The van der Waals surface area contributed by atoms with Crippen molar-refractivity contribution in [2.75, 3.05) is 41.0 Å². The molecule has 0 heterocycles. The van der Waals surface area contributed by atoms with E-state index in [1.165, 1.54) is 154 Å². The molecule has 0 saturated carbocycles. The van der Waals surface area contributed by atoms with Crippen LogP contribution >= 0.6 is 0 Å². The Morgan fingerprint density at radius 1 is 0.500 bits per heavy atom. The lowest BCUT2D eigenvalue weighted by molar-refractivity contribution is -0.887. The molecule has 0 aromatic rings. The third kappa shape index (κ3) is 41.2. The number of carbonyl (C=O) groups is 3. The van der Waals surface area contributed by atoms with Gasteiger partial charge in [0.25, 0.3) is 0 Å². The SMILES string of the molecule is CCCCCC/C=C\C/C=C\CCCCCCCCCC(=O)OC(COCCC(C(=O)O)[N+](C)(C)C)COC(=O)CCCCCCCCCCCCCCCCCCCC. The van der Waals surface area contributed by atoms with Crippen LogP contribution in [0.15, 0.2) is 24.3 Å². The number of quaternary nitrogens is 1. The van der Waals surface area contributed by atoms with E-state index in [-0.39, 0.29) is 36.2 Å². The van der Waals surface area contributed by atoms with Crippen LogP contribution in [0.2, 0.25) is 0 Å². The first-order chi connectivity index (χ1) is 29.1. The minimum absolute atomic E-state index is 0.0493. The van der Waals surface area contributed by atoms with Crippen molar-refractivity contribution in [3.8, 4) is 0 Å². The zero-order chi connectivity index (χ0) is 44.2. The summed E-state index contributed by atoms with van der Waals surface area (Å²) >= 11 is 0. The molecule has 0 radical (unpaired) electrons. The van der Waals surface area contributed by atoms with Crippen molar-refractivity contribution >= 4 is 17.9 Å². The number of carboxylic acids is 1. The number of unbranched alkanes of at least 4 members (excludes halogenated alkanes) is 28. The number of ether oxygens (including phenoxy) is 3. The second-order valence-corrected chi connectivity index (χ2v) is 18.4. The maximum atomic E-state index is 12.8. The molecule has 2 atom stereocenters. The van der Waals surface area contributed by atoms with Crippen molar-refractivity contribution in [1.82, 2.24) is 0 Å². The Hall–Kier alpha value is -2.19. The second kappa shape index (κ2) is 43.5. The van der Waals surface area contributed by atoms with Crippen LogP contribution in [0.25, 0.3) is 0 Å². The van der Waals surface area contributed by atoms with Gasteiger partial charge < -0.3 is 23.8 Å². The van der Waals surface area contributed by atoms with E-state index in [4.69, 9.17) is 14.2 Å². The summed E-state index contributed by atoms with van der Waals surface area (Å²) in [6, 6.07) is -0.614. The Balaban J connectivity index is 4.24. The van der Waals surface area contributed by atoms with E-state index in [0.29, 0.717) is 19.3 Å². The number of hydrogen-bond donors (Lipinski definition) is 1. The van der Waals surface area contributed by atoms with E-state index < -0.39 is 18.1 Å². The van der Waals surface area contributed by atoms with Gasteiger partial charge in [0.2, 0.25) is 0 Å². The van der Waals surface area contributed by atoms with E-state index in [1.807, 2.05) is 21.1 Å². The summed E-state index contributed by atoms with van der Waals surface area (Å²) in [6.07, 6.45) is 49.3. The largest absolute Gasteiger partial charge is 0.477 e. The first-order valence-electron chi connectivity index (χ1n) is 25.4. The number of nitrogens with zero attached hydrogens (tertiary/aromatic N) is 1. The van der Waals surface area contributed by atoms with Gasteiger partial charge in [-0.3, -0.25) is 9.59 Å². The van der Waals surface area contributed by atoms with Crippen molar-refractivity contribution in [3.63, 3.8) is 0 Å². The van der Waals surface area contributed by atoms with Crippen molar-refractivity contribution in [3.05, 3.63) is 24.3 Å². The molecule has 0 amide bonds. The monoisotopic (exact) mass is 849 g/mol. The maximum absolute atomic E-state index is 12.8. The summed E-state index contributed by atoms with van der Waals surface area (Å²) in [4.78, 5) is 37.1. The summed E-state index contributed by atoms with van der Waals surface area (Å²) in [7, 11) is 5.54. The number of hydrogen-bond acceptors (Lipinski definition) is 6. The van der Waals surface area contributed by atoms with Crippen LogP contribution in [-0.4, -0.2) is 80.6 Å². The summed E-state index contributed by atoms with van der Waals surface area (Å²) in [5.74, 6) is -1.46. The Labute approximate surface area is 371 Å². The summed E-state index contributed by atoms with van der Waals surface area (Å²) in [5.41, 5.74) is 0. The quantitative estimate of drug-likeness (QED) is 0.0282. The van der Waals surface area contributed by atoms with Crippen molar-refractivity contribution < 1.29 is 38.2 Å². The van der Waals surface area contributed by atoms with Crippen LogP contribution in [0.3, 0.4) is 0 Å². The fourth-order valence-electron chi connectivity index (χ4n) is 7.65. The average molecular weight is 849 g/mol. The molecule has 60 heavy (non-hydrogen) atoms. The number of carboxylic acid groups (broad SMARTS) is 1. The molecule has 0 rings (SSSR count). The van der Waals surface area contributed by atoms with Gasteiger partial charge in [0, 0.05) is 19.3 Å². The summed E-state index contributed by atoms with van der Waals surface area (Å²) in [6.45, 7) is 4.75. The Bertz CT molecular complexity index is 1040. The molecule has 0 saturated heterocycles. The van der Waals surface area contributed by atoms with Gasteiger partial charge in [-0.15, -0.1) is 0 Å². The summed E-state index contributed by atoms with van der Waals surface area (Å²) < 4.78 is 17.4. The van der Waals surface area contributed by atoms with Gasteiger partial charge in [-0.1, -0.05) is 199 Å². The van der Waals surface area contributed by atoms with Crippen LogP contribution in [0.4, 0.5) is 0 Å². The molecule has 0 aromatic heterocycles. The zero-order valence-corrected chi connectivity index (χ0v) is 40.2. The van der Waals surface area contributed by atoms with Gasteiger partial charge in [-0.05, 0) is 44.9 Å². The molecular weight excluding hydrogens is 751 g/mol. The molecule has 352 valence electrons. The smallest absolute Gasteiger partial charge is 0.362 e. The molecular formula is C52H98NO7+. The van der Waals surface area contributed by atoms with E-state index in [9.17, 15) is 19.5 Å². The maximum Gasteiger partial charge on any atom is 0.362 e. The van der Waals surface area contributed by atoms with Crippen molar-refractivity contribution in [2.45, 2.75) is 251 Å². The molecule has 1 N–H and O–H groups in total. The highest BCUT2D eigenvalue weighted by Gasteiger charge is 2.31. The molecule has 0 fully saturated rings. The lowest BCUT2D eigenvalue weighted by Crippen LogP contribution is -2.50. The molecule has 0 spiro atoms. The van der Waals surface area contributed by atoms with Crippen molar-refractivity contribution in [1.29, 1.82) is 0 Å². The molecule has 0 aliphatic carbocycles. The predicted molar refractivity (Wildman–Crippen MR) is 252 cm³/mol. The lowest BCUT2D eigenvalue weighted by atomic mass is 10.0. The highest BCUT2D eigenvalue weighted by Crippen LogP contribution is 2.16. The number of carbonyl (C=O) groups excluding carboxylic acids is 2. The Morgan fingerprint density at radius 2 is 0.883 bits per heavy atom. The number of allylic oxidation sites excluding steroid dienone is 4. The fourth-order valence-corrected chi connectivity index (χ4v) is 7.65. The second-order valence-electron chi connectivity index (χ2n) is 18.4. The Kier molecular flexibility index (Phi) is 41.9. The summed E-state index contributed by atoms with van der Waals surface area (Å²) in [5, 5.41) is 9.65. The molecule has 2 unspecified atom stereocenters. The highest BCUT2D eigenvalue weighted by molar-refractivity contribution is 5.72. The van der Waals surface area contributed by atoms with Crippen LogP contribution in [0.5, 0.6) is 0 Å². The molecule has 8 nitrogen and oxygen atoms in total. The first-order valence-corrected chi connectivity index (χ1v) is 25.4. The van der Waals surface area contributed by atoms with Crippen LogP contribution in [0.1, 0.15) is 239 Å². The highest BCUT2D eigenvalue weighted by atomic mass is 16.6. The third-order valence-electron chi connectivity index (χ3n) is 11.6. The normalized spacial score (nSPS) is 13.0. The molecule has 0 aliphatic rings. The number of rotatable bonds is 46. The number of esters is 2. The molecule has 0 aromatic carbocycles. The van der Waals surface area contributed by atoms with E-state index in [2.05, 4.69) is 38.2 Å². The van der Waals surface area contributed by atoms with Crippen LogP contribution < -0.4 is 0 Å². The number of likely N-dealkylation sites (N-methyl/N-ethyl adjacent to an activating group) is 1. The van der Waals surface area contributed by atoms with Gasteiger partial charge in [-0.25, -0.2) is 4.79 Å². The standard InChI is InChI=1S/C52H97NO7/c1-6-8-10-12-14-16-18-20-22-24-26-28-30-32-34-36-38-40-42-50(54)59-47-48(46-58-45-44-49(52(56)57)53(3,4)5)60-51(55)43-41-39-37-35-33-31-29-27-25-23-21-19-17-15-13-11-9-7-2/h17,19,23,25,48-49H,6-16,18,20-22,24,26-47H2,1-5H3/p+1/b19-17-,25-23-. The minimum Gasteiger partial charge on any atom is -0.477 e. The average Bonchev–Trinajstić information content (AvgIpc) is 3.21. The van der Waals surface area contributed by atoms with Gasteiger partial charge >= 0.3 is 17.9 Å². The van der Waals surface area contributed by atoms with E-state index in [1.54, 1.807) is 0 Å². The first kappa shape index (κ1) is 57.8. The molecule has 0 bridgehead atoms. The van der Waals surface area contributed by atoms with Crippen molar-refractivity contribution in [2.24, 2.45) is 0 Å². The van der Waals surface area contributed by atoms with Gasteiger partial charge in [0.1, 0.15) is 6.61 Å². The van der Waals surface area contributed by atoms with E-state index >= 15 is 0 Å². The molecule has 0 aliphatic heterocycles. The minimum atomic E-state index is -0.873. The zero-order valence-electron chi connectivity index (χ0n) is 40.2. The van der Waals surface area contributed by atoms with Crippen LogP contribution in [-0.2, 0) is 28.6 Å². The third-order valence-corrected chi connectivity index (χ3v) is 11.6. The molecule has 8 heteroatoms. The predicted octanol–water partition coefficient (Wildman–Crippen LogP) is 14.4. The van der Waals surface area contributed by atoms with Crippen LogP contribution in [0, 0.1) is 0 Å². The van der Waals surface area contributed by atoms with E-state index in [0.717, 1.165) is 51.4 Å². The van der Waals surface area contributed by atoms with Gasteiger partial charge in [-0.2, -0.15) is 0 Å². The number of aliphatic carboxylic acids is 1. The Morgan fingerprint density at radius 3 is 1.30 bits per heavy atom. The van der Waals surface area contributed by atoms with Gasteiger partial charge in [0.05, 0.1) is 34.4 Å².